The number of benzene rings is 1. The van der Waals surface area contributed by atoms with Crippen molar-refractivity contribution < 1.29 is 4.42 Å². The molecule has 0 saturated heterocycles. The van der Waals surface area contributed by atoms with Crippen LogP contribution in [-0.4, -0.2) is 11.1 Å². The van der Waals surface area contributed by atoms with Crippen LogP contribution in [0, 0.1) is 0 Å². The van der Waals surface area contributed by atoms with Crippen LogP contribution in [0.25, 0.3) is 11.1 Å². The number of halogens is 1. The van der Waals surface area contributed by atoms with E-state index in [-0.39, 0.29) is 11.8 Å². The molecular formula is C15H15ClN2O2S. The average Bonchev–Trinajstić information content (AvgIpc) is 3.01. The van der Waals surface area contributed by atoms with Crippen LogP contribution >= 0.6 is 22.9 Å². The van der Waals surface area contributed by atoms with Gasteiger partial charge in [0.15, 0.2) is 5.58 Å². The SMILES string of the molecule is CCNC(c1ccc2c(c1)oc(=O)n2C)c1ccc(Cl)s1. The van der Waals surface area contributed by atoms with Gasteiger partial charge < -0.3 is 9.73 Å². The summed E-state index contributed by atoms with van der Waals surface area (Å²) >= 11 is 7.59. The second-order valence-corrected chi connectivity index (χ2v) is 6.53. The van der Waals surface area contributed by atoms with E-state index in [1.54, 1.807) is 18.4 Å². The van der Waals surface area contributed by atoms with Crippen LogP contribution in [-0.2, 0) is 7.05 Å². The lowest BCUT2D eigenvalue weighted by Crippen LogP contribution is -2.20. The van der Waals surface area contributed by atoms with Gasteiger partial charge in [-0.15, -0.1) is 11.3 Å². The third-order valence-electron chi connectivity index (χ3n) is 3.44. The van der Waals surface area contributed by atoms with Gasteiger partial charge in [-0.1, -0.05) is 24.6 Å². The molecule has 0 saturated carbocycles. The van der Waals surface area contributed by atoms with Crippen LogP contribution in [0.1, 0.15) is 23.4 Å². The van der Waals surface area contributed by atoms with Crippen molar-refractivity contribution in [2.45, 2.75) is 13.0 Å². The zero-order valence-electron chi connectivity index (χ0n) is 11.7. The van der Waals surface area contributed by atoms with Crippen LogP contribution in [0.2, 0.25) is 4.34 Å². The average molecular weight is 323 g/mol. The lowest BCUT2D eigenvalue weighted by Gasteiger charge is -2.16. The number of hydrogen-bond donors (Lipinski definition) is 1. The third kappa shape index (κ3) is 2.64. The zero-order valence-corrected chi connectivity index (χ0v) is 13.3. The minimum Gasteiger partial charge on any atom is -0.408 e. The number of fused-ring (bicyclic) bond motifs is 1. The summed E-state index contributed by atoms with van der Waals surface area (Å²) in [7, 11) is 1.70. The van der Waals surface area contributed by atoms with Crippen molar-refractivity contribution in [2.24, 2.45) is 7.05 Å². The van der Waals surface area contributed by atoms with Gasteiger partial charge in [-0.25, -0.2) is 4.79 Å². The highest BCUT2D eigenvalue weighted by molar-refractivity contribution is 7.16. The van der Waals surface area contributed by atoms with Gasteiger partial charge in [0.2, 0.25) is 0 Å². The van der Waals surface area contributed by atoms with Gasteiger partial charge in [-0.3, -0.25) is 4.57 Å². The number of nitrogens with one attached hydrogen (secondary N) is 1. The lowest BCUT2D eigenvalue weighted by molar-refractivity contribution is 0.527. The molecule has 0 aliphatic carbocycles. The Labute approximate surface area is 131 Å². The first-order chi connectivity index (χ1) is 10.1. The van der Waals surface area contributed by atoms with E-state index in [9.17, 15) is 4.79 Å². The van der Waals surface area contributed by atoms with Crippen LogP contribution < -0.4 is 11.1 Å². The van der Waals surface area contributed by atoms with Gasteiger partial charge in [-0.05, 0) is 36.4 Å². The van der Waals surface area contributed by atoms with Crippen LogP contribution in [0.3, 0.4) is 0 Å². The first-order valence-corrected chi connectivity index (χ1v) is 7.87. The summed E-state index contributed by atoms with van der Waals surface area (Å²) in [6.07, 6.45) is 0. The number of aromatic nitrogens is 1. The van der Waals surface area contributed by atoms with Gasteiger partial charge >= 0.3 is 5.76 Å². The van der Waals surface area contributed by atoms with E-state index in [1.165, 1.54) is 4.57 Å². The van der Waals surface area contributed by atoms with Crippen molar-refractivity contribution in [1.29, 1.82) is 0 Å². The van der Waals surface area contributed by atoms with E-state index >= 15 is 0 Å². The molecule has 0 spiro atoms. The standard InChI is InChI=1S/C15H15ClN2O2S/c1-3-17-14(12-6-7-13(16)21-12)9-4-5-10-11(8-9)20-15(19)18(10)2/h4-8,14,17H,3H2,1-2H3. The monoisotopic (exact) mass is 322 g/mol. The Morgan fingerprint density at radius 1 is 1.38 bits per heavy atom. The van der Waals surface area contributed by atoms with Crippen molar-refractivity contribution in [3.05, 3.63) is 55.7 Å². The molecule has 0 aliphatic heterocycles. The Morgan fingerprint density at radius 3 is 2.86 bits per heavy atom. The van der Waals surface area contributed by atoms with E-state index < -0.39 is 0 Å². The minimum absolute atomic E-state index is 0.0439. The summed E-state index contributed by atoms with van der Waals surface area (Å²) in [5.74, 6) is -0.346. The maximum atomic E-state index is 11.6. The first-order valence-electron chi connectivity index (χ1n) is 6.68. The number of thiophene rings is 1. The lowest BCUT2D eigenvalue weighted by atomic mass is 10.0. The number of hydrogen-bond acceptors (Lipinski definition) is 4. The fraction of sp³-hybridized carbons (Fsp3) is 0.267. The Kier molecular flexibility index (Phi) is 3.89. The summed E-state index contributed by atoms with van der Waals surface area (Å²) in [5, 5.41) is 3.44. The number of rotatable bonds is 4. The molecule has 3 aromatic rings. The number of oxazole rings is 1. The van der Waals surface area contributed by atoms with Gasteiger partial charge in [0.1, 0.15) is 0 Å². The molecule has 110 valence electrons. The maximum Gasteiger partial charge on any atom is 0.419 e. The molecule has 1 aromatic carbocycles. The van der Waals surface area contributed by atoms with Crippen molar-refractivity contribution >= 4 is 34.0 Å². The highest BCUT2D eigenvalue weighted by Crippen LogP contribution is 2.32. The Bertz CT molecular complexity index is 834. The highest BCUT2D eigenvalue weighted by atomic mass is 35.5. The molecule has 0 amide bonds. The Morgan fingerprint density at radius 2 is 2.19 bits per heavy atom. The van der Waals surface area contributed by atoms with Gasteiger partial charge in [0.25, 0.3) is 0 Å². The summed E-state index contributed by atoms with van der Waals surface area (Å²) < 4.78 is 7.53. The molecule has 1 unspecified atom stereocenters. The highest BCUT2D eigenvalue weighted by Gasteiger charge is 2.17. The predicted octanol–water partition coefficient (Wildman–Crippen LogP) is 3.55. The summed E-state index contributed by atoms with van der Waals surface area (Å²) in [6, 6.07) is 9.80. The Balaban J connectivity index is 2.09. The van der Waals surface area contributed by atoms with E-state index in [4.69, 9.17) is 16.0 Å². The third-order valence-corrected chi connectivity index (χ3v) is 4.73. The molecule has 0 bridgehead atoms. The molecule has 0 fully saturated rings. The number of aryl methyl sites for hydroxylation is 1. The second kappa shape index (κ2) is 5.67. The molecular weight excluding hydrogens is 308 g/mol. The van der Waals surface area contributed by atoms with Gasteiger partial charge in [0.05, 0.1) is 15.9 Å². The van der Waals surface area contributed by atoms with Crippen LogP contribution in [0.5, 0.6) is 0 Å². The second-order valence-electron chi connectivity index (χ2n) is 4.79. The van der Waals surface area contributed by atoms with Gasteiger partial charge in [-0.2, -0.15) is 0 Å². The van der Waals surface area contributed by atoms with Crippen molar-refractivity contribution in [2.75, 3.05) is 6.54 Å². The molecule has 3 rings (SSSR count). The van der Waals surface area contributed by atoms with Crippen molar-refractivity contribution in [1.82, 2.24) is 9.88 Å². The molecule has 2 aromatic heterocycles. The maximum absolute atomic E-state index is 11.6. The first kappa shape index (κ1) is 14.4. The summed E-state index contributed by atoms with van der Waals surface area (Å²) in [6.45, 7) is 2.89. The van der Waals surface area contributed by atoms with E-state index in [2.05, 4.69) is 12.2 Å². The number of nitrogens with zero attached hydrogens (tertiary/aromatic N) is 1. The predicted molar refractivity (Wildman–Crippen MR) is 86.3 cm³/mol. The molecule has 21 heavy (non-hydrogen) atoms. The van der Waals surface area contributed by atoms with E-state index in [0.717, 1.165) is 26.8 Å². The van der Waals surface area contributed by atoms with E-state index in [0.29, 0.717) is 5.58 Å². The quantitative estimate of drug-likeness (QED) is 0.799. The molecule has 0 aliphatic rings. The summed E-state index contributed by atoms with van der Waals surface area (Å²) in [4.78, 5) is 12.7. The molecule has 1 atom stereocenters. The zero-order chi connectivity index (χ0) is 15.0. The van der Waals surface area contributed by atoms with Gasteiger partial charge in [0, 0.05) is 11.9 Å². The fourth-order valence-electron chi connectivity index (χ4n) is 2.40. The Hall–Kier alpha value is -1.56. The summed E-state index contributed by atoms with van der Waals surface area (Å²) in [5.41, 5.74) is 2.45. The molecule has 1 N–H and O–H groups in total. The molecule has 2 heterocycles. The smallest absolute Gasteiger partial charge is 0.408 e. The molecule has 0 radical (unpaired) electrons. The van der Waals surface area contributed by atoms with Crippen LogP contribution in [0.4, 0.5) is 0 Å². The minimum atomic E-state index is -0.346. The normalized spacial score (nSPS) is 12.9. The fourth-order valence-corrected chi connectivity index (χ4v) is 3.57. The topological polar surface area (TPSA) is 47.2 Å². The molecule has 6 heteroatoms. The molecule has 4 nitrogen and oxygen atoms in total. The van der Waals surface area contributed by atoms with Crippen molar-refractivity contribution in [3.8, 4) is 0 Å². The largest absolute Gasteiger partial charge is 0.419 e. The van der Waals surface area contributed by atoms with E-state index in [1.807, 2.05) is 30.3 Å². The van der Waals surface area contributed by atoms with Crippen LogP contribution in [0.15, 0.2) is 39.5 Å². The van der Waals surface area contributed by atoms with Crippen molar-refractivity contribution in [3.63, 3.8) is 0 Å².